The normalized spacial score (nSPS) is 18.0. The Morgan fingerprint density at radius 3 is 2.52 bits per heavy atom. The third-order valence-corrected chi connectivity index (χ3v) is 9.61. The second-order valence-electron chi connectivity index (χ2n) is 10.9. The van der Waals surface area contributed by atoms with Crippen molar-refractivity contribution < 1.29 is 19.5 Å². The average molecular weight is 590 g/mol. The van der Waals surface area contributed by atoms with E-state index in [1.54, 1.807) is 23.1 Å². The van der Waals surface area contributed by atoms with Crippen LogP contribution in [0.25, 0.3) is 10.4 Å². The minimum Gasteiger partial charge on any atom is -0.391 e. The Balaban J connectivity index is 1.64. The third kappa shape index (κ3) is 8.76. The number of thioether (sulfide) groups is 1. The highest BCUT2D eigenvalue weighted by atomic mass is 32.2. The maximum Gasteiger partial charge on any atom is 0.247 e. The van der Waals surface area contributed by atoms with E-state index in [-0.39, 0.29) is 30.7 Å². The van der Waals surface area contributed by atoms with Gasteiger partial charge in [-0.1, -0.05) is 37.1 Å². The van der Waals surface area contributed by atoms with Crippen molar-refractivity contribution in [3.63, 3.8) is 0 Å². The number of aliphatic hydroxyl groups is 1. The summed E-state index contributed by atoms with van der Waals surface area (Å²) in [5, 5.41) is 16.2. The van der Waals surface area contributed by atoms with Gasteiger partial charge in [-0.15, -0.1) is 11.3 Å². The fourth-order valence-corrected chi connectivity index (χ4v) is 6.90. The molecule has 1 saturated heterocycles. The molecule has 40 heavy (non-hydrogen) atoms. The van der Waals surface area contributed by atoms with Gasteiger partial charge >= 0.3 is 0 Å². The number of thiazole rings is 1. The lowest BCUT2D eigenvalue weighted by molar-refractivity contribution is -0.142. The number of β-amino-alcohol motifs (C(OH)–C–C–N with tert-alkyl or cyclic N) is 1. The number of unbranched alkanes of at least 4 members (excludes halogenated alkanes) is 3. The number of benzene rings is 1. The molecule has 1 aliphatic rings. The molecule has 1 unspecified atom stereocenters. The van der Waals surface area contributed by atoms with E-state index in [1.807, 2.05) is 50.5 Å². The van der Waals surface area contributed by atoms with Gasteiger partial charge in [0.15, 0.2) is 0 Å². The van der Waals surface area contributed by atoms with Crippen LogP contribution in [0.1, 0.15) is 64.1 Å². The molecule has 1 fully saturated rings. The molecular weight excluding hydrogens is 546 g/mol. The zero-order valence-corrected chi connectivity index (χ0v) is 25.6. The van der Waals surface area contributed by atoms with Crippen molar-refractivity contribution in [1.82, 2.24) is 20.5 Å². The monoisotopic (exact) mass is 589 g/mol. The minimum absolute atomic E-state index is 0.0513. The van der Waals surface area contributed by atoms with Gasteiger partial charge in [0, 0.05) is 31.2 Å². The number of carbonyl (C=O) groups is 3. The fourth-order valence-electron chi connectivity index (χ4n) is 4.89. The predicted molar refractivity (Wildman–Crippen MR) is 162 cm³/mol. The quantitative estimate of drug-likeness (QED) is 0.248. The summed E-state index contributed by atoms with van der Waals surface area (Å²) in [6.45, 7) is 8.28. The molecule has 0 saturated carbocycles. The Morgan fingerprint density at radius 1 is 1.20 bits per heavy atom. The summed E-state index contributed by atoms with van der Waals surface area (Å²) in [6, 6.07) is 6.30. The lowest BCUT2D eigenvalue weighted by atomic mass is 10.0. The molecule has 3 atom stereocenters. The molecule has 1 aliphatic heterocycles. The van der Waals surface area contributed by atoms with E-state index in [4.69, 9.17) is 5.73 Å². The van der Waals surface area contributed by atoms with Crippen LogP contribution in [0.5, 0.6) is 0 Å². The standard InChI is InChI=1S/C29H43N5O4S2/c1-19-25(39-18-32-19)22-11-9-21(10-12-22)16-31-27(37)24-15-23(36)17-34(24)28(38)26(33-20(2)35)29(3,4)40-14-8-6-5-7-13-30/h9-12,18,23-24,26,36H,5-8,13-17,30H2,1-4H3,(H,31,37)(H,33,35)/t23-,24+,26?/m1/s1. The predicted octanol–water partition coefficient (Wildman–Crippen LogP) is 3.23. The number of rotatable bonds is 14. The SMILES string of the molecule is CC(=O)NC(C(=O)N1C[C@H](O)C[C@H]1C(=O)NCc1ccc(-c2scnc2C)cc1)C(C)(C)SCCCCCCN. The van der Waals surface area contributed by atoms with Crippen molar-refractivity contribution in [3.05, 3.63) is 41.0 Å². The molecular formula is C29H43N5O4S2. The number of hydrogen-bond acceptors (Lipinski definition) is 8. The van der Waals surface area contributed by atoms with Gasteiger partial charge in [-0.2, -0.15) is 11.8 Å². The van der Waals surface area contributed by atoms with Gasteiger partial charge in [-0.05, 0) is 57.0 Å². The minimum atomic E-state index is -0.831. The molecule has 5 N–H and O–H groups in total. The van der Waals surface area contributed by atoms with Crippen molar-refractivity contribution in [2.75, 3.05) is 18.8 Å². The summed E-state index contributed by atoms with van der Waals surface area (Å²) in [5.74, 6) is -0.141. The van der Waals surface area contributed by atoms with Gasteiger partial charge in [0.1, 0.15) is 12.1 Å². The summed E-state index contributed by atoms with van der Waals surface area (Å²) in [6.07, 6.45) is 3.48. The van der Waals surface area contributed by atoms with Crippen LogP contribution >= 0.6 is 23.1 Å². The number of hydrogen-bond donors (Lipinski definition) is 4. The van der Waals surface area contributed by atoms with Crippen molar-refractivity contribution in [3.8, 4) is 10.4 Å². The molecule has 3 amide bonds. The van der Waals surface area contributed by atoms with Crippen molar-refractivity contribution in [2.45, 2.75) is 89.3 Å². The number of likely N-dealkylation sites (tertiary alicyclic amines) is 1. The summed E-state index contributed by atoms with van der Waals surface area (Å²) in [7, 11) is 0. The lowest BCUT2D eigenvalue weighted by Crippen LogP contribution is -2.59. The summed E-state index contributed by atoms with van der Waals surface area (Å²) in [5.41, 5.74) is 10.4. The van der Waals surface area contributed by atoms with Gasteiger partial charge in [0.05, 0.1) is 22.2 Å². The van der Waals surface area contributed by atoms with Crippen LogP contribution < -0.4 is 16.4 Å². The summed E-state index contributed by atoms with van der Waals surface area (Å²) in [4.78, 5) is 46.0. The van der Waals surface area contributed by atoms with Crippen LogP contribution in [0.3, 0.4) is 0 Å². The van der Waals surface area contributed by atoms with E-state index in [0.29, 0.717) is 13.1 Å². The summed E-state index contributed by atoms with van der Waals surface area (Å²) < 4.78 is -0.608. The van der Waals surface area contributed by atoms with Crippen molar-refractivity contribution in [2.24, 2.45) is 5.73 Å². The Labute approximate surface area is 245 Å². The van der Waals surface area contributed by atoms with E-state index in [0.717, 1.165) is 53.1 Å². The molecule has 9 nitrogen and oxygen atoms in total. The van der Waals surface area contributed by atoms with E-state index in [2.05, 4.69) is 15.6 Å². The molecule has 0 bridgehead atoms. The van der Waals surface area contributed by atoms with Crippen LogP contribution in [0, 0.1) is 6.92 Å². The van der Waals surface area contributed by atoms with Gasteiger partial charge in [0.25, 0.3) is 0 Å². The van der Waals surface area contributed by atoms with Crippen LogP contribution in [0.15, 0.2) is 29.8 Å². The first-order valence-electron chi connectivity index (χ1n) is 13.9. The molecule has 1 aromatic heterocycles. The number of nitrogens with one attached hydrogen (secondary N) is 2. The zero-order chi connectivity index (χ0) is 29.3. The Morgan fingerprint density at radius 2 is 1.90 bits per heavy atom. The number of nitrogens with zero attached hydrogens (tertiary/aromatic N) is 2. The second-order valence-corrected chi connectivity index (χ2v) is 13.5. The number of nitrogens with two attached hydrogens (primary N) is 1. The smallest absolute Gasteiger partial charge is 0.247 e. The molecule has 0 spiro atoms. The number of aromatic nitrogens is 1. The molecule has 2 aromatic rings. The first kappa shape index (κ1) is 32.0. The van der Waals surface area contributed by atoms with Gasteiger partial charge < -0.3 is 26.4 Å². The fraction of sp³-hybridized carbons (Fsp3) is 0.586. The van der Waals surface area contributed by atoms with Crippen molar-refractivity contribution >= 4 is 40.8 Å². The maximum absolute atomic E-state index is 13.8. The van der Waals surface area contributed by atoms with E-state index in [9.17, 15) is 19.5 Å². The molecule has 3 rings (SSSR count). The number of aryl methyl sites for hydroxylation is 1. The Kier molecular flexibility index (Phi) is 12.0. The number of carbonyl (C=O) groups excluding carboxylic acids is 3. The molecule has 0 aliphatic carbocycles. The van der Waals surface area contributed by atoms with E-state index >= 15 is 0 Å². The molecule has 2 heterocycles. The van der Waals surface area contributed by atoms with Gasteiger partial charge in [-0.3, -0.25) is 14.4 Å². The second kappa shape index (κ2) is 15.0. The highest BCUT2D eigenvalue weighted by molar-refractivity contribution is 8.00. The lowest BCUT2D eigenvalue weighted by Gasteiger charge is -2.37. The first-order chi connectivity index (χ1) is 19.0. The highest BCUT2D eigenvalue weighted by Crippen LogP contribution is 2.32. The largest absolute Gasteiger partial charge is 0.391 e. The van der Waals surface area contributed by atoms with Crippen molar-refractivity contribution in [1.29, 1.82) is 0 Å². The molecule has 11 heteroatoms. The zero-order valence-electron chi connectivity index (χ0n) is 23.9. The van der Waals surface area contributed by atoms with Gasteiger partial charge in [-0.25, -0.2) is 4.98 Å². The topological polar surface area (TPSA) is 138 Å². The van der Waals surface area contributed by atoms with Crippen LogP contribution in [0.2, 0.25) is 0 Å². The molecule has 1 aromatic carbocycles. The third-order valence-electron chi connectivity index (χ3n) is 7.16. The number of aliphatic hydroxyl groups excluding tert-OH is 1. The van der Waals surface area contributed by atoms with E-state index in [1.165, 1.54) is 11.8 Å². The Bertz CT molecular complexity index is 1140. The van der Waals surface area contributed by atoms with Gasteiger partial charge in [0.2, 0.25) is 17.7 Å². The summed E-state index contributed by atoms with van der Waals surface area (Å²) >= 11 is 3.22. The first-order valence-corrected chi connectivity index (χ1v) is 15.8. The Hall–Kier alpha value is -2.47. The molecule has 0 radical (unpaired) electrons. The maximum atomic E-state index is 13.8. The van der Waals surface area contributed by atoms with Crippen LogP contribution in [-0.2, 0) is 20.9 Å². The number of amides is 3. The van der Waals surface area contributed by atoms with Crippen LogP contribution in [-0.4, -0.2) is 74.5 Å². The molecule has 220 valence electrons. The van der Waals surface area contributed by atoms with E-state index < -0.39 is 22.9 Å². The van der Waals surface area contributed by atoms with Crippen LogP contribution in [0.4, 0.5) is 0 Å². The highest BCUT2D eigenvalue weighted by Gasteiger charge is 2.45. The average Bonchev–Trinajstić information content (AvgIpc) is 3.53.